The molecule has 0 fully saturated rings. The number of rotatable bonds is 5. The van der Waals surface area contributed by atoms with E-state index in [-0.39, 0.29) is 11.2 Å². The summed E-state index contributed by atoms with van der Waals surface area (Å²) in [5, 5.41) is 3.15. The molecule has 2 aromatic heterocycles. The molecule has 1 N–H and O–H groups in total. The van der Waals surface area contributed by atoms with Crippen molar-refractivity contribution in [1.29, 1.82) is 0 Å². The highest BCUT2D eigenvalue weighted by atomic mass is 35.6. The summed E-state index contributed by atoms with van der Waals surface area (Å²) in [7, 11) is 0. The summed E-state index contributed by atoms with van der Waals surface area (Å²) in [5.74, 6) is 0.832. The van der Waals surface area contributed by atoms with Crippen molar-refractivity contribution in [2.45, 2.75) is 36.4 Å². The Balaban J connectivity index is 1.85. The average Bonchev–Trinajstić information content (AvgIpc) is 2.67. The van der Waals surface area contributed by atoms with E-state index in [0.717, 1.165) is 11.3 Å². The van der Waals surface area contributed by atoms with Gasteiger partial charge in [-0.15, -0.1) is 0 Å². The first kappa shape index (κ1) is 21.7. The number of hydrogen-bond acceptors (Lipinski definition) is 6. The number of alkyl halides is 3. The van der Waals surface area contributed by atoms with Gasteiger partial charge in [-0.25, -0.2) is 4.98 Å². The highest BCUT2D eigenvalue weighted by Crippen LogP contribution is 2.37. The van der Waals surface area contributed by atoms with E-state index < -0.39 is 3.79 Å². The molecule has 0 amide bonds. The van der Waals surface area contributed by atoms with Crippen LogP contribution in [0.25, 0.3) is 11.4 Å². The molecule has 29 heavy (non-hydrogen) atoms. The van der Waals surface area contributed by atoms with E-state index in [9.17, 15) is 0 Å². The van der Waals surface area contributed by atoms with Crippen molar-refractivity contribution >= 4 is 40.8 Å². The van der Waals surface area contributed by atoms with Crippen LogP contribution >= 0.6 is 34.8 Å². The molecule has 0 aliphatic carbocycles. The van der Waals surface area contributed by atoms with Gasteiger partial charge in [0.05, 0.1) is 5.69 Å². The smallest absolute Gasteiger partial charge is 0.250 e. The van der Waals surface area contributed by atoms with Crippen LogP contribution in [-0.2, 0) is 15.6 Å². The van der Waals surface area contributed by atoms with Gasteiger partial charge < -0.3 is 5.32 Å². The molecule has 3 rings (SSSR count). The summed E-state index contributed by atoms with van der Waals surface area (Å²) >= 11 is 18.1. The van der Waals surface area contributed by atoms with Crippen molar-refractivity contribution in [3.63, 3.8) is 0 Å². The van der Waals surface area contributed by atoms with E-state index in [1.807, 2.05) is 12.1 Å². The van der Waals surface area contributed by atoms with E-state index in [4.69, 9.17) is 34.8 Å². The van der Waals surface area contributed by atoms with Gasteiger partial charge in [-0.3, -0.25) is 9.97 Å². The van der Waals surface area contributed by atoms with Gasteiger partial charge in [0, 0.05) is 37.1 Å². The molecule has 6 nitrogen and oxygen atoms in total. The lowest BCUT2D eigenvalue weighted by atomic mass is 9.87. The maximum absolute atomic E-state index is 6.04. The number of nitrogens with one attached hydrogen (secondary N) is 1. The third kappa shape index (κ3) is 5.98. The fraction of sp³-hybridized carbons (Fsp3) is 0.350. The van der Waals surface area contributed by atoms with Crippen LogP contribution in [-0.4, -0.2) is 31.5 Å². The number of nitrogens with zero attached hydrogens (tertiary/aromatic N) is 5. The monoisotopic (exact) mass is 450 g/mol. The predicted molar refractivity (Wildman–Crippen MR) is 117 cm³/mol. The van der Waals surface area contributed by atoms with Gasteiger partial charge in [-0.1, -0.05) is 79.8 Å². The van der Waals surface area contributed by atoms with Crippen LogP contribution < -0.4 is 5.32 Å². The predicted octanol–water partition coefficient (Wildman–Crippen LogP) is 5.11. The Bertz CT molecular complexity index is 951. The van der Waals surface area contributed by atoms with E-state index in [1.165, 1.54) is 5.56 Å². The minimum absolute atomic E-state index is 0.0490. The molecule has 0 radical (unpaired) electrons. The van der Waals surface area contributed by atoms with Crippen molar-refractivity contribution in [2.24, 2.45) is 0 Å². The molecule has 0 bridgehead atoms. The Labute approximate surface area is 185 Å². The summed E-state index contributed by atoms with van der Waals surface area (Å²) in [4.78, 5) is 21.4. The lowest BCUT2D eigenvalue weighted by Crippen LogP contribution is -2.15. The van der Waals surface area contributed by atoms with Crippen molar-refractivity contribution in [1.82, 2.24) is 24.9 Å². The molecule has 0 atom stereocenters. The molecule has 152 valence electrons. The fourth-order valence-electron chi connectivity index (χ4n) is 2.59. The third-order valence-electron chi connectivity index (χ3n) is 4.18. The zero-order valence-corrected chi connectivity index (χ0v) is 18.6. The normalized spacial score (nSPS) is 12.1. The number of anilines is 1. The largest absolute Gasteiger partial charge is 0.354 e. The number of benzene rings is 1. The molecule has 0 aliphatic rings. The quantitative estimate of drug-likeness (QED) is 0.543. The highest BCUT2D eigenvalue weighted by Gasteiger charge is 2.28. The topological polar surface area (TPSA) is 76.5 Å². The minimum atomic E-state index is -1.76. The van der Waals surface area contributed by atoms with Gasteiger partial charge in [-0.05, 0) is 11.0 Å². The zero-order valence-electron chi connectivity index (χ0n) is 16.3. The summed E-state index contributed by atoms with van der Waals surface area (Å²) in [5.41, 5.74) is 2.92. The molecule has 9 heteroatoms. The van der Waals surface area contributed by atoms with Crippen LogP contribution in [0.2, 0.25) is 0 Å². The lowest BCUT2D eigenvalue weighted by molar-refractivity contribution is 0.590. The molecular weight excluding hydrogens is 431 g/mol. The summed E-state index contributed by atoms with van der Waals surface area (Å²) in [6.07, 6.45) is 5.65. The molecule has 0 unspecified atom stereocenters. The molecular formula is C20H21Cl3N6. The zero-order chi connectivity index (χ0) is 21.1. The minimum Gasteiger partial charge on any atom is -0.354 e. The molecule has 2 heterocycles. The second-order valence-corrected chi connectivity index (χ2v) is 9.79. The van der Waals surface area contributed by atoms with Gasteiger partial charge in [0.1, 0.15) is 0 Å². The van der Waals surface area contributed by atoms with E-state index in [1.54, 1.807) is 18.6 Å². The van der Waals surface area contributed by atoms with Crippen LogP contribution in [0.3, 0.4) is 0 Å². The first-order valence-electron chi connectivity index (χ1n) is 9.06. The van der Waals surface area contributed by atoms with Gasteiger partial charge >= 0.3 is 0 Å². The molecule has 0 spiro atoms. The van der Waals surface area contributed by atoms with Crippen molar-refractivity contribution in [2.75, 3.05) is 11.9 Å². The van der Waals surface area contributed by atoms with Gasteiger partial charge in [0.2, 0.25) is 9.74 Å². The molecule has 0 aliphatic heterocycles. The standard InChI is InChI=1S/C20H21Cl3N6/c1-19(2,3)14-6-4-13(5-7-14)16-27-17(20(21,22)23)29-18(28-16)26-9-8-15-12-24-10-11-25-15/h4-7,10-12H,8-9H2,1-3H3,(H,26,27,28,29). The first-order valence-corrected chi connectivity index (χ1v) is 10.2. The van der Waals surface area contributed by atoms with Gasteiger partial charge in [0.25, 0.3) is 0 Å². The molecule has 1 aromatic carbocycles. The Morgan fingerprint density at radius 2 is 1.66 bits per heavy atom. The fourth-order valence-corrected chi connectivity index (χ4v) is 2.85. The summed E-state index contributed by atoms with van der Waals surface area (Å²) in [6.45, 7) is 7.02. The van der Waals surface area contributed by atoms with Crippen LogP contribution in [0.15, 0.2) is 42.9 Å². The summed E-state index contributed by atoms with van der Waals surface area (Å²) in [6, 6.07) is 8.02. The Kier molecular flexibility index (Phi) is 6.56. The van der Waals surface area contributed by atoms with E-state index in [0.29, 0.717) is 24.7 Å². The molecule has 0 saturated heterocycles. The third-order valence-corrected chi connectivity index (χ3v) is 4.69. The lowest BCUT2D eigenvalue weighted by Gasteiger charge is -2.19. The van der Waals surface area contributed by atoms with E-state index >= 15 is 0 Å². The molecule has 0 saturated carbocycles. The SMILES string of the molecule is CC(C)(C)c1ccc(-c2nc(NCCc3cnccn3)nc(C(Cl)(Cl)Cl)n2)cc1. The Hall–Kier alpha value is -2.02. The second kappa shape index (κ2) is 8.78. The first-order chi connectivity index (χ1) is 13.6. The Morgan fingerprint density at radius 3 is 2.24 bits per heavy atom. The molecule has 3 aromatic rings. The van der Waals surface area contributed by atoms with Crippen LogP contribution in [0, 0.1) is 0 Å². The summed E-state index contributed by atoms with van der Waals surface area (Å²) < 4.78 is -1.76. The van der Waals surface area contributed by atoms with Crippen molar-refractivity contribution in [3.05, 3.63) is 59.9 Å². The van der Waals surface area contributed by atoms with Crippen molar-refractivity contribution in [3.8, 4) is 11.4 Å². The van der Waals surface area contributed by atoms with Gasteiger partial charge in [-0.2, -0.15) is 9.97 Å². The maximum atomic E-state index is 6.04. The van der Waals surface area contributed by atoms with Gasteiger partial charge in [0.15, 0.2) is 11.6 Å². The number of hydrogen-bond donors (Lipinski definition) is 1. The van der Waals surface area contributed by atoms with Crippen LogP contribution in [0.5, 0.6) is 0 Å². The number of aromatic nitrogens is 5. The van der Waals surface area contributed by atoms with E-state index in [2.05, 4.69) is 63.1 Å². The van der Waals surface area contributed by atoms with Crippen LogP contribution in [0.4, 0.5) is 5.95 Å². The Morgan fingerprint density at radius 1 is 0.931 bits per heavy atom. The number of halogens is 3. The van der Waals surface area contributed by atoms with Crippen LogP contribution in [0.1, 0.15) is 37.9 Å². The van der Waals surface area contributed by atoms with Crippen molar-refractivity contribution < 1.29 is 0 Å². The average molecular weight is 452 g/mol. The highest BCUT2D eigenvalue weighted by molar-refractivity contribution is 6.66. The second-order valence-electron chi connectivity index (χ2n) is 7.50. The maximum Gasteiger partial charge on any atom is 0.250 e.